The first kappa shape index (κ1) is 22.4. The van der Waals surface area contributed by atoms with Gasteiger partial charge in [-0.2, -0.15) is 5.26 Å². The summed E-state index contributed by atoms with van der Waals surface area (Å²) >= 11 is 7.62. The Balaban J connectivity index is 1.72. The number of amides is 2. The van der Waals surface area contributed by atoms with Gasteiger partial charge >= 0.3 is 0 Å². The van der Waals surface area contributed by atoms with E-state index in [2.05, 4.69) is 6.07 Å². The number of carbonyl (C=O) groups is 2. The number of benzene rings is 2. The lowest BCUT2D eigenvalue weighted by atomic mass is 10.1. The van der Waals surface area contributed by atoms with Gasteiger partial charge in [-0.1, -0.05) is 72.6 Å². The van der Waals surface area contributed by atoms with Crippen LogP contribution >= 0.6 is 23.4 Å². The zero-order valence-corrected chi connectivity index (χ0v) is 19.2. The molecule has 4 rings (SSSR count). The van der Waals surface area contributed by atoms with E-state index in [4.69, 9.17) is 11.6 Å². The molecule has 2 amide bonds. The Morgan fingerprint density at radius 2 is 1.69 bits per heavy atom. The Morgan fingerprint density at radius 3 is 2.34 bits per heavy atom. The lowest BCUT2D eigenvalue weighted by molar-refractivity contribution is -0.126. The second kappa shape index (κ2) is 10.2. The molecule has 0 aromatic heterocycles. The summed E-state index contributed by atoms with van der Waals surface area (Å²) in [4.78, 5) is 30.1. The number of thioether (sulfide) groups is 1. The molecular formula is C25H24ClN3O2S. The molecule has 32 heavy (non-hydrogen) atoms. The first-order valence-corrected chi connectivity index (χ1v) is 12.1. The van der Waals surface area contributed by atoms with E-state index < -0.39 is 5.25 Å². The number of rotatable bonds is 4. The van der Waals surface area contributed by atoms with Crippen molar-refractivity contribution in [2.75, 3.05) is 18.0 Å². The second-order valence-electron chi connectivity index (χ2n) is 7.91. The monoisotopic (exact) mass is 465 g/mol. The number of anilines is 1. The average Bonchev–Trinajstić information content (AvgIpc) is 2.98. The van der Waals surface area contributed by atoms with Crippen molar-refractivity contribution >= 4 is 40.9 Å². The first-order valence-electron chi connectivity index (χ1n) is 10.8. The Bertz CT molecular complexity index is 1070. The van der Waals surface area contributed by atoms with Crippen molar-refractivity contribution in [2.45, 2.75) is 37.4 Å². The maximum atomic E-state index is 13.5. The molecule has 0 bridgehead atoms. The molecule has 164 valence electrons. The molecule has 2 fully saturated rings. The van der Waals surface area contributed by atoms with Crippen molar-refractivity contribution < 1.29 is 9.59 Å². The fourth-order valence-corrected chi connectivity index (χ4v) is 5.59. The largest absolute Gasteiger partial charge is 0.338 e. The third-order valence-corrected chi connectivity index (χ3v) is 7.39. The van der Waals surface area contributed by atoms with E-state index in [1.165, 1.54) is 16.7 Å². The third kappa shape index (κ3) is 4.69. The highest BCUT2D eigenvalue weighted by Crippen LogP contribution is 2.42. The maximum Gasteiger partial charge on any atom is 0.267 e. The lowest BCUT2D eigenvalue weighted by Crippen LogP contribution is -2.35. The van der Waals surface area contributed by atoms with E-state index in [0.29, 0.717) is 35.2 Å². The highest BCUT2D eigenvalue weighted by Gasteiger charge is 2.41. The van der Waals surface area contributed by atoms with Gasteiger partial charge in [0.2, 0.25) is 5.91 Å². The molecule has 5 nitrogen and oxygen atoms in total. The predicted octanol–water partition coefficient (Wildman–Crippen LogP) is 5.17. The summed E-state index contributed by atoms with van der Waals surface area (Å²) in [6.07, 6.45) is 4.47. The fourth-order valence-electron chi connectivity index (χ4n) is 4.09. The summed E-state index contributed by atoms with van der Waals surface area (Å²) in [5.41, 5.74) is 1.56. The van der Waals surface area contributed by atoms with Gasteiger partial charge in [0.15, 0.2) is 0 Å². The van der Waals surface area contributed by atoms with Crippen molar-refractivity contribution in [3.8, 4) is 6.07 Å². The van der Waals surface area contributed by atoms with Gasteiger partial charge in [-0.25, -0.2) is 0 Å². The Labute approximate surface area is 197 Å². The average molecular weight is 466 g/mol. The molecule has 0 aliphatic carbocycles. The molecule has 7 heteroatoms. The van der Waals surface area contributed by atoms with Crippen LogP contribution in [0.2, 0.25) is 5.02 Å². The van der Waals surface area contributed by atoms with Crippen LogP contribution in [0.25, 0.3) is 0 Å². The summed E-state index contributed by atoms with van der Waals surface area (Å²) in [6.45, 7) is 1.29. The molecule has 1 atom stereocenters. The molecule has 1 unspecified atom stereocenters. The molecule has 2 aliphatic heterocycles. The minimum absolute atomic E-state index is 0.0377. The van der Waals surface area contributed by atoms with E-state index in [0.717, 1.165) is 31.2 Å². The van der Waals surface area contributed by atoms with Gasteiger partial charge in [-0.05, 0) is 43.0 Å². The number of para-hydroxylation sites is 1. The van der Waals surface area contributed by atoms with Gasteiger partial charge < -0.3 is 4.90 Å². The van der Waals surface area contributed by atoms with E-state index in [-0.39, 0.29) is 17.4 Å². The number of carbonyl (C=O) groups excluding carboxylic acids is 2. The zero-order valence-electron chi connectivity index (χ0n) is 17.7. The van der Waals surface area contributed by atoms with Crippen LogP contribution < -0.4 is 4.90 Å². The lowest BCUT2D eigenvalue weighted by Gasteiger charge is -2.23. The van der Waals surface area contributed by atoms with Crippen molar-refractivity contribution in [2.24, 2.45) is 0 Å². The van der Waals surface area contributed by atoms with Gasteiger partial charge in [0.05, 0.1) is 5.25 Å². The van der Waals surface area contributed by atoms with Gasteiger partial charge in [-0.15, -0.1) is 0 Å². The van der Waals surface area contributed by atoms with Gasteiger partial charge in [0, 0.05) is 23.8 Å². The van der Waals surface area contributed by atoms with Crippen molar-refractivity contribution in [1.82, 2.24) is 4.90 Å². The van der Waals surface area contributed by atoms with Crippen LogP contribution in [-0.4, -0.2) is 35.1 Å². The van der Waals surface area contributed by atoms with E-state index in [1.807, 2.05) is 48.5 Å². The molecular weight excluding hydrogens is 442 g/mol. The second-order valence-corrected chi connectivity index (χ2v) is 9.51. The molecule has 2 aromatic carbocycles. The molecule has 2 heterocycles. The number of hydrogen-bond donors (Lipinski definition) is 0. The quantitative estimate of drug-likeness (QED) is 0.461. The number of hydrogen-bond acceptors (Lipinski definition) is 4. The summed E-state index contributed by atoms with van der Waals surface area (Å²) in [5, 5.41) is 10.5. The summed E-state index contributed by atoms with van der Waals surface area (Å²) in [5.74, 6) is -0.434. The Morgan fingerprint density at radius 1 is 1.03 bits per heavy atom. The Kier molecular flexibility index (Phi) is 7.19. The topological polar surface area (TPSA) is 64.4 Å². The normalized spacial score (nSPS) is 20.6. The van der Waals surface area contributed by atoms with Crippen LogP contribution in [-0.2, 0) is 16.0 Å². The minimum atomic E-state index is -0.467. The summed E-state index contributed by atoms with van der Waals surface area (Å²) in [7, 11) is 0. The summed E-state index contributed by atoms with van der Waals surface area (Å²) < 4.78 is 0. The molecule has 0 saturated carbocycles. The highest BCUT2D eigenvalue weighted by molar-refractivity contribution is 8.05. The van der Waals surface area contributed by atoms with Gasteiger partial charge in [0.1, 0.15) is 16.7 Å². The number of nitriles is 1. The van der Waals surface area contributed by atoms with E-state index >= 15 is 0 Å². The summed E-state index contributed by atoms with van der Waals surface area (Å²) in [6, 6.07) is 18.8. The molecule has 0 N–H and O–H groups in total. The van der Waals surface area contributed by atoms with Gasteiger partial charge in [0.25, 0.3) is 5.91 Å². The SMILES string of the molecule is N#C/C(C(=O)N1CCCCCC1)=C1\SC(Cc2ccccc2Cl)C(=O)N1c1ccccc1. The van der Waals surface area contributed by atoms with Crippen LogP contribution in [0.3, 0.4) is 0 Å². The standard InChI is InChI=1S/C25H24ClN3O2S/c26-21-13-7-6-10-18(21)16-22-24(31)29(19-11-4-3-5-12-19)25(32-22)20(17-27)23(30)28-14-8-1-2-9-15-28/h3-7,10-13,22H,1-2,8-9,14-16H2/b25-20+. The van der Waals surface area contributed by atoms with E-state index in [9.17, 15) is 14.9 Å². The van der Waals surface area contributed by atoms with Crippen molar-refractivity contribution in [1.29, 1.82) is 5.26 Å². The van der Waals surface area contributed by atoms with Crippen LogP contribution in [0.4, 0.5) is 5.69 Å². The van der Waals surface area contributed by atoms with Crippen molar-refractivity contribution in [3.63, 3.8) is 0 Å². The fraction of sp³-hybridized carbons (Fsp3) is 0.320. The van der Waals surface area contributed by atoms with E-state index in [1.54, 1.807) is 11.0 Å². The highest BCUT2D eigenvalue weighted by atomic mass is 35.5. The van der Waals surface area contributed by atoms with Crippen LogP contribution in [0, 0.1) is 11.3 Å². The zero-order chi connectivity index (χ0) is 22.5. The number of nitrogens with zero attached hydrogens (tertiary/aromatic N) is 3. The van der Waals surface area contributed by atoms with Crippen LogP contribution in [0.5, 0.6) is 0 Å². The van der Waals surface area contributed by atoms with Crippen LogP contribution in [0.1, 0.15) is 31.2 Å². The predicted molar refractivity (Wildman–Crippen MR) is 128 cm³/mol. The minimum Gasteiger partial charge on any atom is -0.338 e. The first-order chi connectivity index (χ1) is 15.6. The van der Waals surface area contributed by atoms with Gasteiger partial charge in [-0.3, -0.25) is 14.5 Å². The molecule has 2 aromatic rings. The van der Waals surface area contributed by atoms with Crippen molar-refractivity contribution in [3.05, 3.63) is 75.8 Å². The molecule has 0 spiro atoms. The van der Waals surface area contributed by atoms with Crippen LogP contribution in [0.15, 0.2) is 65.2 Å². The molecule has 2 aliphatic rings. The smallest absolute Gasteiger partial charge is 0.267 e. The maximum absolute atomic E-state index is 13.5. The Hall–Kier alpha value is -2.75. The number of halogens is 1. The molecule has 2 saturated heterocycles. The number of likely N-dealkylation sites (tertiary alicyclic amines) is 1. The molecule has 0 radical (unpaired) electrons. The third-order valence-electron chi connectivity index (χ3n) is 5.76.